The number of halogens is 3. The standard InChI is InChI=1S/C9H13ClF2N2O/c1-5(2)3-14-8(10)6(4-15)7(13-14)9(11)12/h5,9,15H,3-4H2,1-2H3. The van der Waals surface area contributed by atoms with Crippen LogP contribution in [0, 0.1) is 5.92 Å². The molecule has 0 atom stereocenters. The molecule has 0 fully saturated rings. The quantitative estimate of drug-likeness (QED) is 0.876. The minimum Gasteiger partial charge on any atom is -0.391 e. The van der Waals surface area contributed by atoms with E-state index in [0.717, 1.165) is 0 Å². The lowest BCUT2D eigenvalue weighted by Crippen LogP contribution is -2.06. The van der Waals surface area contributed by atoms with Crippen molar-refractivity contribution in [2.45, 2.75) is 33.4 Å². The van der Waals surface area contributed by atoms with E-state index >= 15 is 0 Å². The summed E-state index contributed by atoms with van der Waals surface area (Å²) in [4.78, 5) is 0. The maximum Gasteiger partial charge on any atom is 0.282 e. The van der Waals surface area contributed by atoms with Crippen molar-refractivity contribution in [2.24, 2.45) is 5.92 Å². The fourth-order valence-corrected chi connectivity index (χ4v) is 1.55. The molecule has 0 bridgehead atoms. The monoisotopic (exact) mass is 238 g/mol. The van der Waals surface area contributed by atoms with Crippen molar-refractivity contribution in [3.05, 3.63) is 16.4 Å². The molecule has 0 radical (unpaired) electrons. The molecule has 0 saturated carbocycles. The van der Waals surface area contributed by atoms with E-state index in [0.29, 0.717) is 6.54 Å². The normalized spacial score (nSPS) is 11.7. The maximum absolute atomic E-state index is 12.5. The van der Waals surface area contributed by atoms with Crippen LogP contribution in [0.2, 0.25) is 5.15 Å². The van der Waals surface area contributed by atoms with Gasteiger partial charge in [-0.05, 0) is 5.92 Å². The second-order valence-corrected chi connectivity index (χ2v) is 4.05. The topological polar surface area (TPSA) is 38.0 Å². The van der Waals surface area contributed by atoms with Gasteiger partial charge in [0, 0.05) is 12.1 Å². The van der Waals surface area contributed by atoms with Crippen molar-refractivity contribution < 1.29 is 13.9 Å². The van der Waals surface area contributed by atoms with Crippen molar-refractivity contribution in [1.29, 1.82) is 0 Å². The number of hydrogen-bond donors (Lipinski definition) is 1. The summed E-state index contributed by atoms with van der Waals surface area (Å²) in [5.74, 6) is 0.250. The van der Waals surface area contributed by atoms with Gasteiger partial charge in [0.25, 0.3) is 6.43 Å². The summed E-state index contributed by atoms with van der Waals surface area (Å²) in [6, 6.07) is 0. The summed E-state index contributed by atoms with van der Waals surface area (Å²) in [5.41, 5.74) is -0.407. The number of hydrogen-bond acceptors (Lipinski definition) is 2. The maximum atomic E-state index is 12.5. The van der Waals surface area contributed by atoms with E-state index in [1.54, 1.807) is 0 Å². The summed E-state index contributed by atoms with van der Waals surface area (Å²) < 4.78 is 26.3. The van der Waals surface area contributed by atoms with E-state index in [9.17, 15) is 8.78 Å². The van der Waals surface area contributed by atoms with E-state index in [1.165, 1.54) is 4.68 Å². The molecule has 1 heterocycles. The van der Waals surface area contributed by atoms with Crippen LogP contribution in [-0.2, 0) is 13.2 Å². The second kappa shape index (κ2) is 4.90. The molecular formula is C9H13ClF2N2O. The largest absolute Gasteiger partial charge is 0.391 e. The van der Waals surface area contributed by atoms with Crippen LogP contribution in [0.25, 0.3) is 0 Å². The first-order valence-electron chi connectivity index (χ1n) is 4.61. The zero-order chi connectivity index (χ0) is 11.6. The minimum atomic E-state index is -2.71. The van der Waals surface area contributed by atoms with Crippen molar-refractivity contribution >= 4 is 11.6 Å². The molecule has 1 aromatic rings. The molecule has 0 spiro atoms. The molecule has 15 heavy (non-hydrogen) atoms. The van der Waals surface area contributed by atoms with Crippen LogP contribution in [0.3, 0.4) is 0 Å². The highest BCUT2D eigenvalue weighted by atomic mass is 35.5. The van der Waals surface area contributed by atoms with E-state index in [2.05, 4.69) is 5.10 Å². The van der Waals surface area contributed by atoms with Gasteiger partial charge in [0.05, 0.1) is 6.61 Å². The third-order valence-corrected chi connectivity index (χ3v) is 2.34. The molecule has 0 aliphatic heterocycles. The van der Waals surface area contributed by atoms with Gasteiger partial charge in [-0.2, -0.15) is 5.10 Å². The van der Waals surface area contributed by atoms with Gasteiger partial charge in [0.15, 0.2) is 0 Å². The molecule has 0 saturated heterocycles. The van der Waals surface area contributed by atoms with Crippen LogP contribution in [-0.4, -0.2) is 14.9 Å². The number of rotatable bonds is 4. The van der Waals surface area contributed by atoms with Gasteiger partial charge in [0.2, 0.25) is 0 Å². The van der Waals surface area contributed by atoms with Crippen molar-refractivity contribution in [1.82, 2.24) is 9.78 Å². The van der Waals surface area contributed by atoms with Gasteiger partial charge in [-0.1, -0.05) is 25.4 Å². The molecule has 0 aromatic carbocycles. The zero-order valence-electron chi connectivity index (χ0n) is 8.54. The predicted molar refractivity (Wildman–Crippen MR) is 53.0 cm³/mol. The molecular weight excluding hydrogens is 226 g/mol. The van der Waals surface area contributed by atoms with Crippen molar-refractivity contribution in [3.63, 3.8) is 0 Å². The first-order valence-corrected chi connectivity index (χ1v) is 4.99. The highest BCUT2D eigenvalue weighted by molar-refractivity contribution is 6.30. The first kappa shape index (κ1) is 12.4. The van der Waals surface area contributed by atoms with Gasteiger partial charge in [0.1, 0.15) is 10.8 Å². The molecule has 86 valence electrons. The minimum absolute atomic E-state index is 0.0207. The first-order chi connectivity index (χ1) is 6.97. The van der Waals surface area contributed by atoms with Crippen LogP contribution in [0.4, 0.5) is 8.78 Å². The van der Waals surface area contributed by atoms with E-state index in [1.807, 2.05) is 13.8 Å². The average molecular weight is 239 g/mol. The SMILES string of the molecule is CC(C)Cn1nc(C(F)F)c(CO)c1Cl. The lowest BCUT2D eigenvalue weighted by molar-refractivity contribution is 0.141. The summed E-state index contributed by atoms with van der Waals surface area (Å²) in [5, 5.41) is 12.7. The van der Waals surface area contributed by atoms with Crippen LogP contribution in [0.1, 0.15) is 31.5 Å². The highest BCUT2D eigenvalue weighted by Crippen LogP contribution is 2.28. The Morgan fingerprint density at radius 2 is 2.07 bits per heavy atom. The Kier molecular flexibility index (Phi) is 4.04. The predicted octanol–water partition coefficient (Wildman–Crippen LogP) is 2.62. The molecule has 0 unspecified atom stereocenters. The highest BCUT2D eigenvalue weighted by Gasteiger charge is 2.22. The number of aliphatic hydroxyl groups excluding tert-OH is 1. The molecule has 3 nitrogen and oxygen atoms in total. The van der Waals surface area contributed by atoms with Gasteiger partial charge in [-0.3, -0.25) is 4.68 Å². The smallest absolute Gasteiger partial charge is 0.282 e. The average Bonchev–Trinajstić information content (AvgIpc) is 2.43. The van der Waals surface area contributed by atoms with Gasteiger partial charge < -0.3 is 5.11 Å². The van der Waals surface area contributed by atoms with Crippen LogP contribution >= 0.6 is 11.6 Å². The Bertz CT molecular complexity index is 339. The fourth-order valence-electron chi connectivity index (χ4n) is 1.28. The summed E-state index contributed by atoms with van der Waals surface area (Å²) in [6.45, 7) is 3.80. The molecule has 0 aliphatic carbocycles. The second-order valence-electron chi connectivity index (χ2n) is 3.69. The van der Waals surface area contributed by atoms with E-state index in [4.69, 9.17) is 16.7 Å². The molecule has 0 aliphatic rings. The number of aliphatic hydroxyl groups is 1. The molecule has 0 amide bonds. The van der Waals surface area contributed by atoms with Crippen LogP contribution in [0.15, 0.2) is 0 Å². The lowest BCUT2D eigenvalue weighted by Gasteiger charge is -2.05. The van der Waals surface area contributed by atoms with Gasteiger partial charge in [-0.15, -0.1) is 0 Å². The Hall–Kier alpha value is -0.680. The van der Waals surface area contributed by atoms with E-state index < -0.39 is 18.7 Å². The summed E-state index contributed by atoms with van der Waals surface area (Å²) in [7, 11) is 0. The lowest BCUT2D eigenvalue weighted by atomic mass is 10.2. The number of nitrogens with zero attached hydrogens (tertiary/aromatic N) is 2. The van der Waals surface area contributed by atoms with Crippen LogP contribution < -0.4 is 0 Å². The summed E-state index contributed by atoms with van der Waals surface area (Å²) >= 11 is 5.82. The summed E-state index contributed by atoms with van der Waals surface area (Å²) in [6.07, 6.45) is -2.71. The van der Waals surface area contributed by atoms with E-state index in [-0.39, 0.29) is 16.6 Å². The molecule has 1 aromatic heterocycles. The Labute approximate surface area is 91.7 Å². The molecule has 6 heteroatoms. The Morgan fingerprint density at radius 1 is 1.47 bits per heavy atom. The van der Waals surface area contributed by atoms with Crippen molar-refractivity contribution in [3.8, 4) is 0 Å². The number of aromatic nitrogens is 2. The van der Waals surface area contributed by atoms with Crippen LogP contribution in [0.5, 0.6) is 0 Å². The third kappa shape index (κ3) is 2.66. The molecule has 1 N–H and O–H groups in total. The Balaban J connectivity index is 3.09. The van der Waals surface area contributed by atoms with Crippen molar-refractivity contribution in [2.75, 3.05) is 0 Å². The molecule has 1 rings (SSSR count). The zero-order valence-corrected chi connectivity index (χ0v) is 9.30. The third-order valence-electron chi connectivity index (χ3n) is 1.92. The van der Waals surface area contributed by atoms with Gasteiger partial charge >= 0.3 is 0 Å². The Morgan fingerprint density at radius 3 is 2.40 bits per heavy atom. The van der Waals surface area contributed by atoms with Gasteiger partial charge in [-0.25, -0.2) is 8.78 Å². The fraction of sp³-hybridized carbons (Fsp3) is 0.667. The number of alkyl halides is 2.